The van der Waals surface area contributed by atoms with Gasteiger partial charge >= 0.3 is 0 Å². The molecule has 0 atom stereocenters. The zero-order valence-corrected chi connectivity index (χ0v) is 15.0. The molecule has 0 unspecified atom stereocenters. The van der Waals surface area contributed by atoms with Crippen molar-refractivity contribution in [1.82, 2.24) is 0 Å². The number of benzene rings is 2. The molecule has 0 fully saturated rings. The zero-order chi connectivity index (χ0) is 16.6. The number of hydrogen-bond acceptors (Lipinski definition) is 5. The van der Waals surface area contributed by atoms with Gasteiger partial charge in [0.2, 0.25) is 0 Å². The minimum atomic E-state index is -3.63. The summed E-state index contributed by atoms with van der Waals surface area (Å²) in [5, 5.41) is 1.48. The summed E-state index contributed by atoms with van der Waals surface area (Å²) in [6, 6.07) is 11.9. The van der Waals surface area contributed by atoms with Crippen LogP contribution in [-0.2, 0) is 14.4 Å². The van der Waals surface area contributed by atoms with E-state index in [9.17, 15) is 8.42 Å². The highest BCUT2D eigenvalue weighted by atomic mass is 32.2. The summed E-state index contributed by atoms with van der Waals surface area (Å²) >= 11 is 1.63. The van der Waals surface area contributed by atoms with Crippen LogP contribution in [0.2, 0.25) is 0 Å². The second kappa shape index (κ2) is 6.19. The quantitative estimate of drug-likeness (QED) is 0.809. The molecule has 1 aliphatic rings. The highest BCUT2D eigenvalue weighted by Crippen LogP contribution is 2.50. The Morgan fingerprint density at radius 2 is 1.91 bits per heavy atom. The van der Waals surface area contributed by atoms with Crippen LogP contribution in [0.5, 0.6) is 0 Å². The summed E-state index contributed by atoms with van der Waals surface area (Å²) in [6.07, 6.45) is 0.520. The molecule has 4 nitrogen and oxygen atoms in total. The van der Waals surface area contributed by atoms with Crippen molar-refractivity contribution in [2.45, 2.75) is 37.0 Å². The van der Waals surface area contributed by atoms with Crippen molar-refractivity contribution in [3.05, 3.63) is 47.5 Å². The molecular weight excluding hydrogens is 330 g/mol. The zero-order valence-electron chi connectivity index (χ0n) is 13.4. The summed E-state index contributed by atoms with van der Waals surface area (Å²) in [7, 11) is -3.63. The molecule has 0 spiro atoms. The van der Waals surface area contributed by atoms with E-state index in [1.807, 2.05) is 57.2 Å². The predicted molar refractivity (Wildman–Crippen MR) is 93.8 cm³/mol. The van der Waals surface area contributed by atoms with Gasteiger partial charge < -0.3 is 0 Å². The summed E-state index contributed by atoms with van der Waals surface area (Å²) < 4.78 is 30.0. The van der Waals surface area contributed by atoms with Crippen LogP contribution in [0.1, 0.15) is 24.5 Å². The Kier molecular flexibility index (Phi) is 4.40. The molecule has 0 N–H and O–H groups in total. The average Bonchev–Trinajstić information content (AvgIpc) is 2.47. The van der Waals surface area contributed by atoms with E-state index in [1.165, 1.54) is 5.06 Å². The number of aryl methyl sites for hydroxylation is 2. The first-order valence-electron chi connectivity index (χ1n) is 7.52. The van der Waals surface area contributed by atoms with Gasteiger partial charge in [0.1, 0.15) is 0 Å². The van der Waals surface area contributed by atoms with Gasteiger partial charge in [-0.15, -0.1) is 4.28 Å². The molecule has 0 amide bonds. The van der Waals surface area contributed by atoms with E-state index in [0.717, 1.165) is 32.3 Å². The normalized spacial score (nSPS) is 13.6. The molecule has 3 rings (SSSR count). The van der Waals surface area contributed by atoms with Gasteiger partial charge in [-0.05, 0) is 49.6 Å². The molecule has 1 aliphatic heterocycles. The molecule has 0 aliphatic carbocycles. The van der Waals surface area contributed by atoms with Crippen molar-refractivity contribution in [3.63, 3.8) is 0 Å². The van der Waals surface area contributed by atoms with Crippen molar-refractivity contribution in [1.29, 1.82) is 0 Å². The van der Waals surface area contributed by atoms with Crippen molar-refractivity contribution < 1.29 is 12.7 Å². The van der Waals surface area contributed by atoms with Crippen LogP contribution >= 0.6 is 11.8 Å². The van der Waals surface area contributed by atoms with Crippen molar-refractivity contribution in [2.75, 3.05) is 10.8 Å². The lowest BCUT2D eigenvalue weighted by Crippen LogP contribution is -2.27. The third-order valence-electron chi connectivity index (χ3n) is 3.60. The summed E-state index contributed by atoms with van der Waals surface area (Å²) in [4.78, 5) is 1.98. The maximum absolute atomic E-state index is 12.2. The standard InChI is InChI=1S/C17H19NO3S2/c1-4-10-23(19,20)21-18-14-11-12(2)8-9-15(14)22-16-7-5-6-13(3)17(16)18/h5-9,11H,4,10H2,1-3H3. The fourth-order valence-electron chi connectivity index (χ4n) is 2.56. The molecule has 23 heavy (non-hydrogen) atoms. The molecule has 2 aromatic rings. The van der Waals surface area contributed by atoms with E-state index in [2.05, 4.69) is 0 Å². The number of hydrogen-bond donors (Lipinski definition) is 0. The molecule has 0 radical (unpaired) electrons. The van der Waals surface area contributed by atoms with E-state index in [4.69, 9.17) is 4.28 Å². The van der Waals surface area contributed by atoms with Crippen molar-refractivity contribution >= 4 is 33.3 Å². The molecule has 0 aromatic heterocycles. The smallest absolute Gasteiger partial charge is 0.202 e. The van der Waals surface area contributed by atoms with Gasteiger partial charge in [0, 0.05) is 9.79 Å². The molecule has 6 heteroatoms. The third kappa shape index (κ3) is 3.24. The largest absolute Gasteiger partial charge is 0.288 e. The Balaban J connectivity index is 2.15. The summed E-state index contributed by atoms with van der Waals surface area (Å²) in [5.41, 5.74) is 3.61. The fourth-order valence-corrected chi connectivity index (χ4v) is 4.63. The van der Waals surface area contributed by atoms with Crippen LogP contribution in [0.25, 0.3) is 0 Å². The number of nitrogens with zero attached hydrogens (tertiary/aromatic N) is 1. The molecule has 0 bridgehead atoms. The lowest BCUT2D eigenvalue weighted by Gasteiger charge is -2.32. The minimum Gasteiger partial charge on any atom is -0.202 e. The average molecular weight is 349 g/mol. The van der Waals surface area contributed by atoms with Crippen LogP contribution in [0.3, 0.4) is 0 Å². The third-order valence-corrected chi connectivity index (χ3v) is 6.00. The second-order valence-electron chi connectivity index (χ2n) is 5.63. The van der Waals surface area contributed by atoms with Gasteiger partial charge in [0.05, 0.1) is 17.1 Å². The van der Waals surface area contributed by atoms with Crippen LogP contribution in [0.15, 0.2) is 46.2 Å². The van der Waals surface area contributed by atoms with Gasteiger partial charge in [-0.25, -0.2) is 5.06 Å². The molecule has 1 heterocycles. The highest BCUT2D eigenvalue weighted by molar-refractivity contribution is 7.99. The highest BCUT2D eigenvalue weighted by Gasteiger charge is 2.29. The van der Waals surface area contributed by atoms with E-state index in [-0.39, 0.29) is 5.75 Å². The van der Waals surface area contributed by atoms with E-state index < -0.39 is 10.1 Å². The first kappa shape index (κ1) is 16.4. The Morgan fingerprint density at radius 1 is 1.13 bits per heavy atom. The fraction of sp³-hybridized carbons (Fsp3) is 0.294. The molecule has 0 saturated heterocycles. The van der Waals surface area contributed by atoms with Crippen LogP contribution < -0.4 is 5.06 Å². The monoisotopic (exact) mass is 349 g/mol. The minimum absolute atomic E-state index is 0.000986. The number of fused-ring (bicyclic) bond motifs is 2. The molecule has 2 aromatic carbocycles. The first-order valence-corrected chi connectivity index (χ1v) is 9.91. The van der Waals surface area contributed by atoms with Gasteiger partial charge in [0.15, 0.2) is 0 Å². The van der Waals surface area contributed by atoms with Gasteiger partial charge in [-0.1, -0.05) is 36.9 Å². The molecule has 122 valence electrons. The molecule has 0 saturated carbocycles. The molecular formula is C17H19NO3S2. The van der Waals surface area contributed by atoms with Crippen LogP contribution in [0, 0.1) is 13.8 Å². The number of rotatable bonds is 4. The van der Waals surface area contributed by atoms with E-state index >= 15 is 0 Å². The number of para-hydroxylation sites is 1. The SMILES string of the molecule is CCCS(=O)(=O)ON1c2cc(C)ccc2Sc2cccc(C)c21. The van der Waals surface area contributed by atoms with E-state index in [0.29, 0.717) is 6.42 Å². The Morgan fingerprint density at radius 3 is 2.65 bits per heavy atom. The van der Waals surface area contributed by atoms with Crippen LogP contribution in [0.4, 0.5) is 11.4 Å². The maximum atomic E-state index is 12.2. The first-order chi connectivity index (χ1) is 10.9. The van der Waals surface area contributed by atoms with Crippen molar-refractivity contribution in [3.8, 4) is 0 Å². The number of anilines is 2. The lowest BCUT2D eigenvalue weighted by molar-refractivity contribution is 0.319. The van der Waals surface area contributed by atoms with E-state index in [1.54, 1.807) is 11.8 Å². The van der Waals surface area contributed by atoms with Gasteiger partial charge in [0.25, 0.3) is 10.1 Å². The van der Waals surface area contributed by atoms with Gasteiger partial charge in [-0.3, -0.25) is 0 Å². The Labute approximate surface area is 141 Å². The second-order valence-corrected chi connectivity index (χ2v) is 8.38. The summed E-state index contributed by atoms with van der Waals surface area (Å²) in [5.74, 6) is -0.000986. The Hall–Kier alpha value is -1.50. The predicted octanol–water partition coefficient (Wildman–Crippen LogP) is 4.58. The topological polar surface area (TPSA) is 46.6 Å². The van der Waals surface area contributed by atoms with Crippen LogP contribution in [-0.4, -0.2) is 14.2 Å². The lowest BCUT2D eigenvalue weighted by atomic mass is 10.1. The maximum Gasteiger partial charge on any atom is 0.288 e. The Bertz CT molecular complexity index is 847. The van der Waals surface area contributed by atoms with Gasteiger partial charge in [-0.2, -0.15) is 8.42 Å². The summed E-state index contributed by atoms with van der Waals surface area (Å²) in [6.45, 7) is 5.77. The van der Waals surface area contributed by atoms with Crippen molar-refractivity contribution in [2.24, 2.45) is 0 Å².